The first-order valence-electron chi connectivity index (χ1n) is 7.75. The Morgan fingerprint density at radius 1 is 0.810 bits per heavy atom. The summed E-state index contributed by atoms with van der Waals surface area (Å²) in [6, 6.07) is 20.0. The Kier molecular flexibility index (Phi) is 5.97. The zero-order valence-electron chi connectivity index (χ0n) is 13.1. The van der Waals surface area contributed by atoms with Gasteiger partial charge in [-0.3, -0.25) is 4.90 Å². The van der Waals surface area contributed by atoms with E-state index in [1.54, 1.807) is 0 Å². The van der Waals surface area contributed by atoms with E-state index >= 15 is 0 Å². The highest BCUT2D eigenvalue weighted by atomic mass is 15.1. The van der Waals surface area contributed by atoms with Gasteiger partial charge < -0.3 is 5.73 Å². The van der Waals surface area contributed by atoms with E-state index in [0.29, 0.717) is 12.6 Å². The van der Waals surface area contributed by atoms with Gasteiger partial charge in [-0.2, -0.15) is 0 Å². The maximum atomic E-state index is 5.60. The molecule has 2 aromatic rings. The molecular weight excluding hydrogens is 256 g/mol. The molecule has 0 aliphatic heterocycles. The van der Waals surface area contributed by atoms with Crippen molar-refractivity contribution in [2.45, 2.75) is 39.4 Å². The van der Waals surface area contributed by atoms with Crippen LogP contribution in [0.3, 0.4) is 0 Å². The van der Waals surface area contributed by atoms with E-state index in [2.05, 4.69) is 73.3 Å². The van der Waals surface area contributed by atoms with Crippen LogP contribution in [0.1, 0.15) is 30.5 Å². The van der Waals surface area contributed by atoms with Gasteiger partial charge in [0.15, 0.2) is 0 Å². The molecule has 21 heavy (non-hydrogen) atoms. The first-order valence-corrected chi connectivity index (χ1v) is 7.75. The molecule has 2 N–H and O–H groups in total. The van der Waals surface area contributed by atoms with Gasteiger partial charge in [0.25, 0.3) is 0 Å². The predicted octanol–water partition coefficient (Wildman–Crippen LogP) is 3.60. The maximum Gasteiger partial charge on any atom is 0.0239 e. The fourth-order valence-corrected chi connectivity index (χ4v) is 2.45. The van der Waals surface area contributed by atoms with E-state index in [4.69, 9.17) is 5.73 Å². The normalized spacial score (nSPS) is 11.3. The molecular formula is C19H26N2. The Labute approximate surface area is 128 Å². The topological polar surface area (TPSA) is 29.3 Å². The highest BCUT2D eigenvalue weighted by Gasteiger charge is 2.10. The Balaban J connectivity index is 2.02. The van der Waals surface area contributed by atoms with Gasteiger partial charge in [-0.05, 0) is 43.5 Å². The molecule has 2 rings (SSSR count). The number of hydrogen-bond acceptors (Lipinski definition) is 2. The second-order valence-electron chi connectivity index (χ2n) is 5.84. The van der Waals surface area contributed by atoms with Crippen molar-refractivity contribution >= 4 is 0 Å². The minimum absolute atomic E-state index is 0.522. The summed E-state index contributed by atoms with van der Waals surface area (Å²) in [4.78, 5) is 2.49. The molecule has 0 bridgehead atoms. The van der Waals surface area contributed by atoms with Crippen molar-refractivity contribution in [2.75, 3.05) is 6.54 Å². The molecule has 0 radical (unpaired) electrons. The molecule has 0 amide bonds. The summed E-state index contributed by atoms with van der Waals surface area (Å²) in [7, 11) is 0. The summed E-state index contributed by atoms with van der Waals surface area (Å²) in [5.74, 6) is 0. The average molecular weight is 282 g/mol. The van der Waals surface area contributed by atoms with Crippen LogP contribution in [-0.2, 0) is 19.5 Å². The standard InChI is InChI=1S/C19H26N2/c1-16(2)21(14-18-6-4-3-5-7-18)15-19-10-8-17(9-11-19)12-13-20/h3-11,16H,12-15,20H2,1-2H3. The molecule has 2 aromatic carbocycles. The number of benzene rings is 2. The van der Waals surface area contributed by atoms with Gasteiger partial charge in [-0.25, -0.2) is 0 Å². The first-order chi connectivity index (χ1) is 10.2. The van der Waals surface area contributed by atoms with Crippen LogP contribution in [0.15, 0.2) is 54.6 Å². The average Bonchev–Trinajstić information content (AvgIpc) is 2.50. The van der Waals surface area contributed by atoms with Crippen molar-refractivity contribution in [1.82, 2.24) is 4.90 Å². The molecule has 2 nitrogen and oxygen atoms in total. The van der Waals surface area contributed by atoms with Crippen LogP contribution < -0.4 is 5.73 Å². The molecule has 2 heteroatoms. The lowest BCUT2D eigenvalue weighted by Crippen LogP contribution is -2.29. The fraction of sp³-hybridized carbons (Fsp3) is 0.368. The lowest BCUT2D eigenvalue weighted by Gasteiger charge is -2.26. The first kappa shape index (κ1) is 15.7. The zero-order chi connectivity index (χ0) is 15.1. The summed E-state index contributed by atoms with van der Waals surface area (Å²) in [6.07, 6.45) is 0.957. The van der Waals surface area contributed by atoms with Crippen LogP contribution in [0.4, 0.5) is 0 Å². The van der Waals surface area contributed by atoms with E-state index < -0.39 is 0 Å². The molecule has 0 saturated heterocycles. The molecule has 0 aliphatic carbocycles. The van der Waals surface area contributed by atoms with E-state index in [9.17, 15) is 0 Å². The van der Waals surface area contributed by atoms with Gasteiger partial charge in [-0.1, -0.05) is 54.6 Å². The van der Waals surface area contributed by atoms with Crippen molar-refractivity contribution in [1.29, 1.82) is 0 Å². The van der Waals surface area contributed by atoms with Crippen LogP contribution >= 0.6 is 0 Å². The van der Waals surface area contributed by atoms with Gasteiger partial charge >= 0.3 is 0 Å². The third-order valence-electron chi connectivity index (χ3n) is 3.80. The second kappa shape index (κ2) is 7.96. The molecule has 0 aliphatic rings. The van der Waals surface area contributed by atoms with E-state index in [1.807, 2.05) is 0 Å². The van der Waals surface area contributed by atoms with Gasteiger partial charge in [0, 0.05) is 19.1 Å². The van der Waals surface area contributed by atoms with Crippen LogP contribution in [-0.4, -0.2) is 17.5 Å². The number of nitrogens with two attached hydrogens (primary N) is 1. The molecule has 0 fully saturated rings. The van der Waals surface area contributed by atoms with Crippen molar-refractivity contribution in [3.05, 3.63) is 71.3 Å². The zero-order valence-corrected chi connectivity index (χ0v) is 13.1. The smallest absolute Gasteiger partial charge is 0.0239 e. The van der Waals surface area contributed by atoms with Gasteiger partial charge in [0.2, 0.25) is 0 Å². The largest absolute Gasteiger partial charge is 0.330 e. The summed E-state index contributed by atoms with van der Waals surface area (Å²) >= 11 is 0. The van der Waals surface area contributed by atoms with Gasteiger partial charge in [0.1, 0.15) is 0 Å². The van der Waals surface area contributed by atoms with Crippen molar-refractivity contribution in [3.8, 4) is 0 Å². The van der Waals surface area contributed by atoms with Crippen molar-refractivity contribution < 1.29 is 0 Å². The number of hydrogen-bond donors (Lipinski definition) is 1. The Morgan fingerprint density at radius 2 is 1.33 bits per heavy atom. The Hall–Kier alpha value is -1.64. The predicted molar refractivity (Wildman–Crippen MR) is 90.0 cm³/mol. The lowest BCUT2D eigenvalue weighted by atomic mass is 10.1. The van der Waals surface area contributed by atoms with E-state index in [1.165, 1.54) is 16.7 Å². The number of nitrogens with zero attached hydrogens (tertiary/aromatic N) is 1. The Bertz CT molecular complexity index is 517. The number of rotatable bonds is 7. The maximum absolute atomic E-state index is 5.60. The molecule has 112 valence electrons. The highest BCUT2D eigenvalue weighted by Crippen LogP contribution is 2.14. The van der Waals surface area contributed by atoms with Crippen LogP contribution in [0.2, 0.25) is 0 Å². The summed E-state index contributed by atoms with van der Waals surface area (Å²) in [5.41, 5.74) is 9.64. The monoisotopic (exact) mass is 282 g/mol. The third-order valence-corrected chi connectivity index (χ3v) is 3.80. The van der Waals surface area contributed by atoms with Gasteiger partial charge in [-0.15, -0.1) is 0 Å². The van der Waals surface area contributed by atoms with Crippen molar-refractivity contribution in [2.24, 2.45) is 5.73 Å². The molecule has 0 aromatic heterocycles. The second-order valence-corrected chi connectivity index (χ2v) is 5.84. The minimum Gasteiger partial charge on any atom is -0.330 e. The molecule has 0 unspecified atom stereocenters. The van der Waals surface area contributed by atoms with E-state index in [0.717, 1.165) is 19.5 Å². The summed E-state index contributed by atoms with van der Waals surface area (Å²) < 4.78 is 0. The molecule has 0 atom stereocenters. The summed E-state index contributed by atoms with van der Waals surface area (Å²) in [5, 5.41) is 0. The minimum atomic E-state index is 0.522. The SMILES string of the molecule is CC(C)N(Cc1ccccc1)Cc1ccc(CCN)cc1. The van der Waals surface area contributed by atoms with Gasteiger partial charge in [0.05, 0.1) is 0 Å². The van der Waals surface area contributed by atoms with E-state index in [-0.39, 0.29) is 0 Å². The molecule has 0 heterocycles. The quantitative estimate of drug-likeness (QED) is 0.840. The van der Waals surface area contributed by atoms with Crippen LogP contribution in [0.25, 0.3) is 0 Å². The highest BCUT2D eigenvalue weighted by molar-refractivity contribution is 5.23. The molecule has 0 saturated carbocycles. The van der Waals surface area contributed by atoms with Crippen molar-refractivity contribution in [3.63, 3.8) is 0 Å². The van der Waals surface area contributed by atoms with Crippen LogP contribution in [0.5, 0.6) is 0 Å². The fourth-order valence-electron chi connectivity index (χ4n) is 2.45. The van der Waals surface area contributed by atoms with Crippen LogP contribution in [0, 0.1) is 0 Å². The summed E-state index contributed by atoms with van der Waals surface area (Å²) in [6.45, 7) is 7.20. The molecule has 0 spiro atoms. The lowest BCUT2D eigenvalue weighted by molar-refractivity contribution is 0.203. The third kappa shape index (κ3) is 5.00. The Morgan fingerprint density at radius 3 is 1.86 bits per heavy atom.